The van der Waals surface area contributed by atoms with Crippen LogP contribution >= 0.6 is 11.6 Å². The van der Waals surface area contributed by atoms with Gasteiger partial charge in [-0.1, -0.05) is 25.4 Å². The van der Waals surface area contributed by atoms with Gasteiger partial charge in [0.2, 0.25) is 5.71 Å². The summed E-state index contributed by atoms with van der Waals surface area (Å²) in [5, 5.41) is 1.27. The number of nitrogens with zero attached hydrogens (tertiary/aromatic N) is 3. The zero-order valence-corrected chi connectivity index (χ0v) is 15.1. The maximum atomic E-state index is 6.19. The van der Waals surface area contributed by atoms with Crippen molar-refractivity contribution in [3.63, 3.8) is 0 Å². The zero-order chi connectivity index (χ0) is 17.1. The van der Waals surface area contributed by atoms with E-state index < -0.39 is 0 Å². The van der Waals surface area contributed by atoms with Gasteiger partial charge in [-0.25, -0.2) is 15.0 Å². The van der Waals surface area contributed by atoms with Crippen LogP contribution in [0.3, 0.4) is 0 Å². The number of fused-ring (bicyclic) bond motifs is 5. The highest BCUT2D eigenvalue weighted by molar-refractivity contribution is 6.34. The van der Waals surface area contributed by atoms with Crippen molar-refractivity contribution in [2.24, 2.45) is 5.92 Å². The van der Waals surface area contributed by atoms with Crippen molar-refractivity contribution in [1.29, 1.82) is 0 Å². The lowest BCUT2D eigenvalue weighted by molar-refractivity contribution is -0.0402. The maximum absolute atomic E-state index is 6.19. The SMILES string of the molecule is CC(C)Cc1nc2oc3c(Cl)ncnc3c2c2c1COC(C)(C)C2. The minimum atomic E-state index is -0.225. The molecule has 1 aliphatic heterocycles. The molecule has 0 aliphatic carbocycles. The summed E-state index contributed by atoms with van der Waals surface area (Å²) in [6.45, 7) is 9.15. The van der Waals surface area contributed by atoms with Crippen LogP contribution in [0.2, 0.25) is 5.15 Å². The second kappa shape index (κ2) is 5.39. The second-order valence-corrected chi connectivity index (χ2v) is 7.82. The van der Waals surface area contributed by atoms with Gasteiger partial charge in [0.05, 0.1) is 23.3 Å². The van der Waals surface area contributed by atoms with Crippen molar-refractivity contribution >= 4 is 33.8 Å². The van der Waals surface area contributed by atoms with Crippen LogP contribution in [-0.4, -0.2) is 20.6 Å². The molecule has 126 valence electrons. The van der Waals surface area contributed by atoms with Crippen molar-refractivity contribution < 1.29 is 9.15 Å². The van der Waals surface area contributed by atoms with Gasteiger partial charge >= 0.3 is 0 Å². The molecular formula is C18H20ClN3O2. The number of aromatic nitrogens is 3. The minimum absolute atomic E-state index is 0.225. The van der Waals surface area contributed by atoms with E-state index in [9.17, 15) is 0 Å². The summed E-state index contributed by atoms with van der Waals surface area (Å²) in [6.07, 6.45) is 3.15. The van der Waals surface area contributed by atoms with E-state index in [1.54, 1.807) is 0 Å². The average molecular weight is 346 g/mol. The highest BCUT2D eigenvalue weighted by atomic mass is 35.5. The molecule has 4 rings (SSSR count). The van der Waals surface area contributed by atoms with Crippen LogP contribution in [-0.2, 0) is 24.2 Å². The topological polar surface area (TPSA) is 61.0 Å². The number of hydrogen-bond donors (Lipinski definition) is 0. The number of hydrogen-bond acceptors (Lipinski definition) is 5. The number of furan rings is 1. The summed E-state index contributed by atoms with van der Waals surface area (Å²) in [7, 11) is 0. The van der Waals surface area contributed by atoms with Gasteiger partial charge in [0.25, 0.3) is 0 Å². The van der Waals surface area contributed by atoms with Crippen LogP contribution in [0.1, 0.15) is 44.5 Å². The third-order valence-electron chi connectivity index (χ3n) is 4.47. The van der Waals surface area contributed by atoms with E-state index in [4.69, 9.17) is 25.7 Å². The smallest absolute Gasteiger partial charge is 0.229 e. The highest BCUT2D eigenvalue weighted by Gasteiger charge is 2.32. The van der Waals surface area contributed by atoms with Crippen molar-refractivity contribution in [3.05, 3.63) is 28.3 Å². The molecule has 0 fully saturated rings. The number of ether oxygens (including phenoxy) is 1. The van der Waals surface area contributed by atoms with Crippen LogP contribution in [0.25, 0.3) is 22.2 Å². The van der Waals surface area contributed by atoms with Crippen molar-refractivity contribution in [2.75, 3.05) is 0 Å². The Hall–Kier alpha value is -1.72. The third-order valence-corrected chi connectivity index (χ3v) is 4.74. The Kier molecular flexibility index (Phi) is 3.55. The van der Waals surface area contributed by atoms with E-state index in [1.165, 1.54) is 17.5 Å². The Morgan fingerprint density at radius 1 is 1.25 bits per heavy atom. The standard InChI is InChI=1S/C18H20ClN3O2/c1-9(2)5-12-11-7-23-18(3,4)6-10(11)13-14-15(24-17(13)22-12)16(19)21-8-20-14/h8-9H,5-7H2,1-4H3. The lowest BCUT2D eigenvalue weighted by Gasteiger charge is -2.33. The molecule has 1 aliphatic rings. The predicted molar refractivity (Wildman–Crippen MR) is 93.2 cm³/mol. The molecule has 0 bridgehead atoms. The Balaban J connectivity index is 2.08. The van der Waals surface area contributed by atoms with Crippen LogP contribution in [0, 0.1) is 5.92 Å². The second-order valence-electron chi connectivity index (χ2n) is 7.46. The molecule has 5 nitrogen and oxygen atoms in total. The van der Waals surface area contributed by atoms with Gasteiger partial charge in [0.15, 0.2) is 10.7 Å². The van der Waals surface area contributed by atoms with E-state index in [2.05, 4.69) is 37.7 Å². The molecule has 0 saturated heterocycles. The van der Waals surface area contributed by atoms with Gasteiger partial charge in [0.1, 0.15) is 11.8 Å². The lowest BCUT2D eigenvalue weighted by atomic mass is 9.88. The average Bonchev–Trinajstić information content (AvgIpc) is 2.85. The molecule has 0 aromatic carbocycles. The van der Waals surface area contributed by atoms with Crippen molar-refractivity contribution in [2.45, 2.75) is 52.7 Å². The molecule has 24 heavy (non-hydrogen) atoms. The largest absolute Gasteiger partial charge is 0.433 e. The summed E-state index contributed by atoms with van der Waals surface area (Å²) in [5.41, 5.74) is 5.06. The molecule has 0 amide bonds. The molecule has 0 atom stereocenters. The van der Waals surface area contributed by atoms with E-state index >= 15 is 0 Å². The first-order valence-corrected chi connectivity index (χ1v) is 8.61. The molecule has 0 unspecified atom stereocenters. The summed E-state index contributed by atoms with van der Waals surface area (Å²) in [5.74, 6) is 0.502. The molecule has 3 aromatic rings. The van der Waals surface area contributed by atoms with Crippen LogP contribution in [0.5, 0.6) is 0 Å². The quantitative estimate of drug-likeness (QED) is 0.641. The molecular weight excluding hydrogens is 326 g/mol. The fourth-order valence-electron chi connectivity index (χ4n) is 3.40. The first kappa shape index (κ1) is 15.8. The zero-order valence-electron chi connectivity index (χ0n) is 14.3. The normalized spacial score (nSPS) is 16.9. The summed E-state index contributed by atoms with van der Waals surface area (Å²) < 4.78 is 12.0. The Morgan fingerprint density at radius 3 is 2.79 bits per heavy atom. The Labute approximate surface area is 145 Å². The minimum Gasteiger partial charge on any atom is -0.433 e. The molecule has 0 N–H and O–H groups in total. The van der Waals surface area contributed by atoms with E-state index in [-0.39, 0.29) is 5.60 Å². The van der Waals surface area contributed by atoms with Gasteiger partial charge in [0, 0.05) is 12.0 Å². The van der Waals surface area contributed by atoms with E-state index in [0.29, 0.717) is 29.0 Å². The molecule has 3 aromatic heterocycles. The molecule has 0 saturated carbocycles. The number of rotatable bonds is 2. The molecule has 0 radical (unpaired) electrons. The lowest BCUT2D eigenvalue weighted by Crippen LogP contribution is -2.33. The predicted octanol–water partition coefficient (Wildman–Crippen LogP) is 4.47. The molecule has 4 heterocycles. The fourth-order valence-corrected chi connectivity index (χ4v) is 3.57. The number of pyridine rings is 1. The van der Waals surface area contributed by atoms with Crippen LogP contribution in [0.15, 0.2) is 10.7 Å². The van der Waals surface area contributed by atoms with Gasteiger partial charge in [-0.2, -0.15) is 0 Å². The van der Waals surface area contributed by atoms with Crippen molar-refractivity contribution in [1.82, 2.24) is 15.0 Å². The highest BCUT2D eigenvalue weighted by Crippen LogP contribution is 2.39. The summed E-state index contributed by atoms with van der Waals surface area (Å²) in [4.78, 5) is 13.2. The van der Waals surface area contributed by atoms with Gasteiger partial charge < -0.3 is 9.15 Å². The van der Waals surface area contributed by atoms with E-state index in [0.717, 1.165) is 29.4 Å². The maximum Gasteiger partial charge on any atom is 0.229 e. The third kappa shape index (κ3) is 2.47. The first-order valence-electron chi connectivity index (χ1n) is 8.23. The van der Waals surface area contributed by atoms with Gasteiger partial charge in [-0.05, 0) is 31.7 Å². The Bertz CT molecular complexity index is 946. The number of halogens is 1. The summed E-state index contributed by atoms with van der Waals surface area (Å²) in [6, 6.07) is 0. The van der Waals surface area contributed by atoms with Gasteiger partial charge in [-0.15, -0.1) is 0 Å². The molecule has 6 heteroatoms. The van der Waals surface area contributed by atoms with Crippen molar-refractivity contribution in [3.8, 4) is 0 Å². The monoisotopic (exact) mass is 345 g/mol. The summed E-state index contributed by atoms with van der Waals surface area (Å²) >= 11 is 6.19. The van der Waals surface area contributed by atoms with Gasteiger partial charge in [-0.3, -0.25) is 0 Å². The van der Waals surface area contributed by atoms with Crippen LogP contribution < -0.4 is 0 Å². The van der Waals surface area contributed by atoms with E-state index in [1.807, 2.05) is 0 Å². The van der Waals surface area contributed by atoms with Crippen LogP contribution in [0.4, 0.5) is 0 Å². The fraction of sp³-hybridized carbons (Fsp3) is 0.500. The Morgan fingerprint density at radius 2 is 2.04 bits per heavy atom. The first-order chi connectivity index (χ1) is 11.4. The molecule has 0 spiro atoms.